The Morgan fingerprint density at radius 3 is 2.60 bits per heavy atom. The van der Waals surface area contributed by atoms with Gasteiger partial charge in [0, 0.05) is 39.1 Å². The third kappa shape index (κ3) is 9.33. The van der Waals surface area contributed by atoms with Gasteiger partial charge in [-0.3, -0.25) is 9.98 Å². The quantitative estimate of drug-likeness (QED) is 0.208. The largest absolute Gasteiger partial charge is 0.377 e. The number of ether oxygens (including phenoxy) is 1. The zero-order valence-electron chi connectivity index (χ0n) is 15.1. The Morgan fingerprint density at radius 2 is 2.04 bits per heavy atom. The standard InChI is InChI=1S/C15H27N5O3S.HI/c1-5-17-14(19-12-15(2,3)23-4)18-9-10-20-24(21,22)13-7-6-8-16-11-13;/h6-8,11,20H,5,9-10,12H2,1-4H3,(H2,17,18,19);1H. The first kappa shape index (κ1) is 24.0. The summed E-state index contributed by atoms with van der Waals surface area (Å²) >= 11 is 0. The average Bonchev–Trinajstić information content (AvgIpc) is 2.57. The number of aromatic nitrogens is 1. The van der Waals surface area contributed by atoms with Crippen molar-refractivity contribution in [1.82, 2.24) is 20.3 Å². The second-order valence-electron chi connectivity index (χ2n) is 5.67. The molecule has 0 fully saturated rings. The predicted molar refractivity (Wildman–Crippen MR) is 110 cm³/mol. The molecule has 1 heterocycles. The van der Waals surface area contributed by atoms with Crippen LogP contribution in [0.3, 0.4) is 0 Å². The van der Waals surface area contributed by atoms with Crippen LogP contribution in [0.4, 0.5) is 0 Å². The summed E-state index contributed by atoms with van der Waals surface area (Å²) in [7, 11) is -1.90. The highest BCUT2D eigenvalue weighted by Gasteiger charge is 2.16. The van der Waals surface area contributed by atoms with Crippen LogP contribution >= 0.6 is 24.0 Å². The summed E-state index contributed by atoms with van der Waals surface area (Å²) in [5.74, 6) is 0.614. The number of methoxy groups -OCH3 is 1. The fraction of sp³-hybridized carbons (Fsp3) is 0.600. The van der Waals surface area contributed by atoms with Crippen molar-refractivity contribution in [3.05, 3.63) is 24.5 Å². The summed E-state index contributed by atoms with van der Waals surface area (Å²) in [4.78, 5) is 8.39. The highest BCUT2D eigenvalue weighted by Crippen LogP contribution is 2.07. The molecule has 0 saturated carbocycles. The molecule has 1 aromatic heterocycles. The van der Waals surface area contributed by atoms with Gasteiger partial charge in [-0.2, -0.15) is 0 Å². The fourth-order valence-electron chi connectivity index (χ4n) is 1.63. The Bertz CT molecular complexity index is 623. The van der Waals surface area contributed by atoms with Crippen LogP contribution in [0.5, 0.6) is 0 Å². The van der Waals surface area contributed by atoms with Crippen molar-refractivity contribution in [3.63, 3.8) is 0 Å². The van der Waals surface area contributed by atoms with Crippen molar-refractivity contribution in [2.75, 3.05) is 33.3 Å². The first-order chi connectivity index (χ1) is 11.3. The normalized spacial score (nSPS) is 12.4. The van der Waals surface area contributed by atoms with Crippen LogP contribution in [0, 0.1) is 0 Å². The van der Waals surface area contributed by atoms with E-state index in [1.54, 1.807) is 13.2 Å². The van der Waals surface area contributed by atoms with Gasteiger partial charge in [0.25, 0.3) is 0 Å². The van der Waals surface area contributed by atoms with E-state index >= 15 is 0 Å². The van der Waals surface area contributed by atoms with Gasteiger partial charge < -0.3 is 15.4 Å². The lowest BCUT2D eigenvalue weighted by molar-refractivity contribution is 0.0310. The molecule has 0 saturated heterocycles. The van der Waals surface area contributed by atoms with Crippen molar-refractivity contribution in [2.45, 2.75) is 31.3 Å². The molecule has 0 aromatic carbocycles. The van der Waals surface area contributed by atoms with Crippen molar-refractivity contribution >= 4 is 40.0 Å². The smallest absolute Gasteiger partial charge is 0.242 e. The SMILES string of the molecule is CCNC(=NCC(C)(C)OC)NCCNS(=O)(=O)c1cccnc1.I. The minimum atomic E-state index is -3.54. The van der Waals surface area contributed by atoms with Gasteiger partial charge in [0.15, 0.2) is 5.96 Å². The molecule has 25 heavy (non-hydrogen) atoms. The van der Waals surface area contributed by atoms with Crippen molar-refractivity contribution in [2.24, 2.45) is 4.99 Å². The van der Waals surface area contributed by atoms with Crippen LogP contribution in [0.25, 0.3) is 0 Å². The van der Waals surface area contributed by atoms with Crippen LogP contribution < -0.4 is 15.4 Å². The van der Waals surface area contributed by atoms with E-state index in [1.165, 1.54) is 18.5 Å². The zero-order valence-corrected chi connectivity index (χ0v) is 18.2. The number of hydrogen-bond donors (Lipinski definition) is 3. The van der Waals surface area contributed by atoms with E-state index in [0.717, 1.165) is 0 Å². The maximum Gasteiger partial charge on any atom is 0.242 e. The number of aliphatic imine (C=N–C) groups is 1. The van der Waals surface area contributed by atoms with Crippen molar-refractivity contribution in [1.29, 1.82) is 0 Å². The third-order valence-corrected chi connectivity index (χ3v) is 4.62. The van der Waals surface area contributed by atoms with Gasteiger partial charge >= 0.3 is 0 Å². The fourth-order valence-corrected chi connectivity index (χ4v) is 2.63. The molecule has 0 unspecified atom stereocenters. The third-order valence-electron chi connectivity index (χ3n) is 3.17. The number of nitrogens with one attached hydrogen (secondary N) is 3. The van der Waals surface area contributed by atoms with E-state index in [1.807, 2.05) is 20.8 Å². The molecule has 1 rings (SSSR count). The van der Waals surface area contributed by atoms with Crippen molar-refractivity contribution < 1.29 is 13.2 Å². The number of sulfonamides is 1. The van der Waals surface area contributed by atoms with Crippen LogP contribution in [-0.4, -0.2) is 58.3 Å². The van der Waals surface area contributed by atoms with Crippen LogP contribution in [0.2, 0.25) is 0 Å². The van der Waals surface area contributed by atoms with Gasteiger partial charge in [-0.05, 0) is 32.9 Å². The molecule has 0 aliphatic heterocycles. The van der Waals surface area contributed by atoms with Gasteiger partial charge in [0.2, 0.25) is 10.0 Å². The summed E-state index contributed by atoms with van der Waals surface area (Å²) in [6.45, 7) is 7.68. The van der Waals surface area contributed by atoms with E-state index in [4.69, 9.17) is 4.74 Å². The number of guanidine groups is 1. The molecule has 0 bridgehead atoms. The molecule has 0 amide bonds. The Balaban J connectivity index is 0.00000576. The molecule has 10 heteroatoms. The molecule has 8 nitrogen and oxygen atoms in total. The maximum absolute atomic E-state index is 12.1. The van der Waals surface area contributed by atoms with E-state index < -0.39 is 10.0 Å². The summed E-state index contributed by atoms with van der Waals surface area (Å²) in [5.41, 5.74) is -0.357. The van der Waals surface area contributed by atoms with Gasteiger partial charge in [-0.15, -0.1) is 24.0 Å². The molecule has 144 valence electrons. The first-order valence-corrected chi connectivity index (χ1v) is 9.26. The van der Waals surface area contributed by atoms with Gasteiger partial charge in [0.1, 0.15) is 4.90 Å². The summed E-state index contributed by atoms with van der Waals surface area (Å²) in [6, 6.07) is 3.08. The number of pyridine rings is 1. The van der Waals surface area contributed by atoms with Gasteiger partial charge in [-0.1, -0.05) is 0 Å². The highest BCUT2D eigenvalue weighted by molar-refractivity contribution is 14.0. The Labute approximate surface area is 167 Å². The van der Waals surface area contributed by atoms with E-state index in [0.29, 0.717) is 25.6 Å². The minimum absolute atomic E-state index is 0. The number of halogens is 1. The van der Waals surface area contributed by atoms with Crippen molar-refractivity contribution in [3.8, 4) is 0 Å². The zero-order chi connectivity index (χ0) is 18.1. The molecular weight excluding hydrogens is 457 g/mol. The molecule has 0 aliphatic carbocycles. The molecule has 3 N–H and O–H groups in total. The van der Waals surface area contributed by atoms with Crippen LogP contribution in [-0.2, 0) is 14.8 Å². The average molecular weight is 485 g/mol. The second kappa shape index (κ2) is 11.6. The lowest BCUT2D eigenvalue weighted by atomic mass is 10.1. The summed E-state index contributed by atoms with van der Waals surface area (Å²) < 4.78 is 32.0. The Kier molecular flexibility index (Phi) is 11.1. The molecular formula is C15H28IN5O3S. The number of nitrogens with zero attached hydrogens (tertiary/aromatic N) is 2. The van der Waals surface area contributed by atoms with E-state index in [-0.39, 0.29) is 41.0 Å². The van der Waals surface area contributed by atoms with Crippen LogP contribution in [0.15, 0.2) is 34.4 Å². The Hall–Kier alpha value is -0.980. The molecule has 1 aromatic rings. The molecule has 0 atom stereocenters. The minimum Gasteiger partial charge on any atom is -0.377 e. The summed E-state index contributed by atoms with van der Waals surface area (Å²) in [5, 5.41) is 6.19. The monoisotopic (exact) mass is 485 g/mol. The lowest BCUT2D eigenvalue weighted by Crippen LogP contribution is -2.42. The van der Waals surface area contributed by atoms with Gasteiger partial charge in [0.05, 0.1) is 12.1 Å². The Morgan fingerprint density at radius 1 is 1.32 bits per heavy atom. The molecule has 0 spiro atoms. The second-order valence-corrected chi connectivity index (χ2v) is 7.44. The maximum atomic E-state index is 12.1. The van der Waals surface area contributed by atoms with Crippen LogP contribution in [0.1, 0.15) is 20.8 Å². The number of rotatable bonds is 9. The predicted octanol–water partition coefficient (Wildman–Crippen LogP) is 0.958. The molecule has 0 aliphatic rings. The van der Waals surface area contributed by atoms with E-state index in [9.17, 15) is 8.42 Å². The summed E-state index contributed by atoms with van der Waals surface area (Å²) in [6.07, 6.45) is 2.84. The first-order valence-electron chi connectivity index (χ1n) is 7.78. The van der Waals surface area contributed by atoms with Gasteiger partial charge in [-0.25, -0.2) is 13.1 Å². The topological polar surface area (TPSA) is 105 Å². The van der Waals surface area contributed by atoms with E-state index in [2.05, 4.69) is 25.3 Å². The highest BCUT2D eigenvalue weighted by atomic mass is 127. The lowest BCUT2D eigenvalue weighted by Gasteiger charge is -2.21. The molecule has 0 radical (unpaired) electrons. The number of hydrogen-bond acceptors (Lipinski definition) is 5.